The van der Waals surface area contributed by atoms with E-state index in [1.54, 1.807) is 7.11 Å². The van der Waals surface area contributed by atoms with Gasteiger partial charge in [0.2, 0.25) is 0 Å². The van der Waals surface area contributed by atoms with Crippen LogP contribution in [0.4, 0.5) is 13.2 Å². The fraction of sp³-hybridized carbons (Fsp3) is 0.960. The molecule has 0 radical (unpaired) electrons. The Morgan fingerprint density at radius 3 is 2.32 bits per heavy atom. The first-order chi connectivity index (χ1) is 14.6. The first-order valence-electron chi connectivity index (χ1n) is 12.3. The van der Waals surface area contributed by atoms with E-state index in [4.69, 9.17) is 4.74 Å². The summed E-state index contributed by atoms with van der Waals surface area (Å²) in [6, 6.07) is 0. The fourth-order valence-electron chi connectivity index (χ4n) is 8.02. The summed E-state index contributed by atoms with van der Waals surface area (Å²) in [7, 11) is 1.64. The number of hydrogen-bond acceptors (Lipinski definition) is 2. The minimum Gasteiger partial charge on any atom is -0.384 e. The van der Waals surface area contributed by atoms with Crippen LogP contribution in [0, 0.1) is 40.4 Å². The summed E-state index contributed by atoms with van der Waals surface area (Å²) >= 11 is 3.36. The van der Waals surface area contributed by atoms with Gasteiger partial charge in [-0.2, -0.15) is 13.2 Å². The topological polar surface area (TPSA) is 26.3 Å². The average molecular weight is 512 g/mol. The number of rotatable bonds is 7. The smallest absolute Gasteiger partial charge is 0.384 e. The monoisotopic (exact) mass is 510 g/mol. The summed E-state index contributed by atoms with van der Waals surface area (Å²) in [6.45, 7) is 8.79. The second-order valence-corrected chi connectivity index (χ2v) is 10.7. The van der Waals surface area contributed by atoms with Crippen LogP contribution in [0.2, 0.25) is 0 Å². The maximum Gasteiger partial charge on any atom is 0.389 e. The maximum atomic E-state index is 13.5. The zero-order valence-electron chi connectivity index (χ0n) is 20.0. The van der Waals surface area contributed by atoms with Gasteiger partial charge < -0.3 is 4.74 Å². The van der Waals surface area contributed by atoms with Gasteiger partial charge in [0, 0.05) is 19.4 Å². The lowest BCUT2D eigenvalue weighted by atomic mass is 9.45. The number of fused-ring (bicyclic) bond motifs is 3. The lowest BCUT2D eigenvalue weighted by molar-refractivity contribution is -0.191. The van der Waals surface area contributed by atoms with Crippen molar-refractivity contribution in [3.63, 3.8) is 0 Å². The van der Waals surface area contributed by atoms with Crippen LogP contribution in [0.15, 0.2) is 0 Å². The number of halogens is 4. The number of methoxy groups -OCH3 is 1. The molecule has 6 heteroatoms. The number of alkyl halides is 4. The zero-order chi connectivity index (χ0) is 23.4. The summed E-state index contributed by atoms with van der Waals surface area (Å²) < 4.78 is 46.0. The molecule has 7 unspecified atom stereocenters. The van der Waals surface area contributed by atoms with Crippen molar-refractivity contribution in [3.05, 3.63) is 0 Å². The molecule has 0 N–H and O–H groups in total. The highest BCUT2D eigenvalue weighted by Crippen LogP contribution is 2.67. The zero-order valence-corrected chi connectivity index (χ0v) is 21.6. The highest BCUT2D eigenvalue weighted by Gasteiger charge is 2.62. The molecule has 3 saturated carbocycles. The van der Waals surface area contributed by atoms with Crippen LogP contribution in [0.3, 0.4) is 0 Å². The van der Waals surface area contributed by atoms with Crippen LogP contribution in [-0.4, -0.2) is 31.0 Å². The summed E-state index contributed by atoms with van der Waals surface area (Å²) in [6.07, 6.45) is 2.23. The van der Waals surface area contributed by atoms with Gasteiger partial charge in [-0.25, -0.2) is 0 Å². The lowest BCUT2D eigenvalue weighted by Gasteiger charge is -2.60. The highest BCUT2D eigenvalue weighted by molar-refractivity contribution is 9.09. The van der Waals surface area contributed by atoms with E-state index in [0.29, 0.717) is 36.0 Å². The molecule has 2 nitrogen and oxygen atoms in total. The molecule has 31 heavy (non-hydrogen) atoms. The van der Waals surface area contributed by atoms with Crippen molar-refractivity contribution in [2.75, 3.05) is 19.0 Å². The van der Waals surface area contributed by atoms with Gasteiger partial charge in [-0.3, -0.25) is 4.79 Å². The standard InChI is InChI=1S/C23H36BrF3O2.C2H6/c1-4-10-22(14-29-3)15(12-23(25,26)27)5-6-16-17-7-8-19(20(28)13-24)21(17,2)11-9-18(16)22;1-2/h15-19H,4-14H2,1-3H3;1-2H3. The fourth-order valence-corrected chi connectivity index (χ4v) is 8.41. The Balaban J connectivity index is 0.00000166. The predicted molar refractivity (Wildman–Crippen MR) is 123 cm³/mol. The Morgan fingerprint density at radius 1 is 1.10 bits per heavy atom. The molecule has 3 rings (SSSR count). The largest absolute Gasteiger partial charge is 0.389 e. The Labute approximate surface area is 195 Å². The molecule has 0 aromatic heterocycles. The summed E-state index contributed by atoms with van der Waals surface area (Å²) in [5, 5.41) is 0.408. The molecule has 0 aromatic carbocycles. The molecule has 3 fully saturated rings. The second kappa shape index (κ2) is 10.9. The van der Waals surface area contributed by atoms with Crippen LogP contribution < -0.4 is 0 Å². The summed E-state index contributed by atoms with van der Waals surface area (Å²) in [5.41, 5.74) is -0.380. The quantitative estimate of drug-likeness (QED) is 0.326. The number of ether oxygens (including phenoxy) is 1. The van der Waals surface area contributed by atoms with Crippen LogP contribution >= 0.6 is 15.9 Å². The van der Waals surface area contributed by atoms with Crippen LogP contribution in [0.5, 0.6) is 0 Å². The van der Waals surface area contributed by atoms with Gasteiger partial charge in [0.25, 0.3) is 0 Å². The molecule has 3 aliphatic carbocycles. The lowest BCUT2D eigenvalue weighted by Crippen LogP contribution is -2.55. The van der Waals surface area contributed by atoms with Crippen molar-refractivity contribution in [1.82, 2.24) is 0 Å². The number of hydrogen-bond donors (Lipinski definition) is 0. The SMILES string of the molecule is CC.CCCC1(COC)C(CC(F)(F)F)CCC2C3CCC(C(=O)CBr)C3(C)CCC21. The van der Waals surface area contributed by atoms with Crippen molar-refractivity contribution in [3.8, 4) is 0 Å². The molecule has 7 atom stereocenters. The minimum absolute atomic E-state index is 0.00785. The van der Waals surface area contributed by atoms with E-state index < -0.39 is 12.6 Å². The molecule has 0 amide bonds. The van der Waals surface area contributed by atoms with E-state index in [2.05, 4.69) is 29.8 Å². The van der Waals surface area contributed by atoms with Crippen molar-refractivity contribution in [1.29, 1.82) is 0 Å². The molecule has 0 spiro atoms. The third-order valence-electron chi connectivity index (χ3n) is 8.96. The van der Waals surface area contributed by atoms with Gasteiger partial charge in [-0.15, -0.1) is 0 Å². The van der Waals surface area contributed by atoms with Gasteiger partial charge in [-0.1, -0.05) is 50.0 Å². The average Bonchev–Trinajstić information content (AvgIpc) is 3.08. The normalized spacial score (nSPS) is 39.8. The Kier molecular flexibility index (Phi) is 9.53. The molecule has 0 bridgehead atoms. The van der Waals surface area contributed by atoms with Gasteiger partial charge in [0.15, 0.2) is 0 Å². The minimum atomic E-state index is -4.13. The molecule has 0 heterocycles. The Morgan fingerprint density at radius 2 is 1.77 bits per heavy atom. The number of Topliss-reactive ketones (excluding diaryl/α,β-unsaturated/α-hetero) is 1. The highest BCUT2D eigenvalue weighted by atomic mass is 79.9. The van der Waals surface area contributed by atoms with Crippen LogP contribution in [0.1, 0.15) is 85.5 Å². The molecule has 182 valence electrons. The Hall–Kier alpha value is -0.100. The third-order valence-corrected chi connectivity index (χ3v) is 9.52. The molecule has 0 aromatic rings. The van der Waals surface area contributed by atoms with Crippen molar-refractivity contribution in [2.24, 2.45) is 40.4 Å². The first kappa shape index (κ1) is 27.1. The van der Waals surface area contributed by atoms with E-state index in [9.17, 15) is 18.0 Å². The number of carbonyl (C=O) groups is 1. The van der Waals surface area contributed by atoms with E-state index in [1.807, 2.05) is 13.8 Å². The van der Waals surface area contributed by atoms with Crippen LogP contribution in [0.25, 0.3) is 0 Å². The molecular weight excluding hydrogens is 469 g/mol. The summed E-state index contributed by atoms with van der Waals surface area (Å²) in [4.78, 5) is 12.6. The van der Waals surface area contributed by atoms with Crippen LogP contribution in [-0.2, 0) is 9.53 Å². The summed E-state index contributed by atoms with van der Waals surface area (Å²) in [5.74, 6) is 1.20. The van der Waals surface area contributed by atoms with E-state index in [-0.39, 0.29) is 28.6 Å². The Bertz CT molecular complexity index is 588. The van der Waals surface area contributed by atoms with Gasteiger partial charge in [-0.05, 0) is 79.4 Å². The van der Waals surface area contributed by atoms with Gasteiger partial charge in [0.05, 0.1) is 11.9 Å². The first-order valence-corrected chi connectivity index (χ1v) is 13.4. The molecular formula is C25H42BrF3O2. The molecule has 0 saturated heterocycles. The number of carbonyl (C=O) groups excluding carboxylic acids is 1. The molecule has 0 aliphatic heterocycles. The van der Waals surface area contributed by atoms with Crippen molar-refractivity contribution >= 4 is 21.7 Å². The third kappa shape index (κ3) is 5.20. The number of ketones is 1. The maximum absolute atomic E-state index is 13.5. The predicted octanol–water partition coefficient (Wildman–Crippen LogP) is 7.83. The van der Waals surface area contributed by atoms with Crippen molar-refractivity contribution < 1.29 is 22.7 Å². The second-order valence-electron chi connectivity index (χ2n) is 10.2. The van der Waals surface area contributed by atoms with E-state index in [1.165, 1.54) is 0 Å². The van der Waals surface area contributed by atoms with E-state index >= 15 is 0 Å². The molecule has 3 aliphatic rings. The van der Waals surface area contributed by atoms with E-state index in [0.717, 1.165) is 44.9 Å². The van der Waals surface area contributed by atoms with Gasteiger partial charge >= 0.3 is 6.18 Å². The van der Waals surface area contributed by atoms with Crippen molar-refractivity contribution in [2.45, 2.75) is 91.7 Å². The van der Waals surface area contributed by atoms with Gasteiger partial charge in [0.1, 0.15) is 5.78 Å².